The van der Waals surface area contributed by atoms with Crippen LogP contribution in [0.5, 0.6) is 0 Å². The number of aryl methyl sites for hydroxylation is 1. The first kappa shape index (κ1) is 12.0. The molecule has 0 aliphatic heterocycles. The summed E-state index contributed by atoms with van der Waals surface area (Å²) in [6.45, 7) is 15.8. The van der Waals surface area contributed by atoms with Crippen molar-refractivity contribution in [2.75, 3.05) is 0 Å². The fraction of sp³-hybridized carbons (Fsp3) is 0.750. The van der Waals surface area contributed by atoms with E-state index in [0.29, 0.717) is 19.9 Å². The predicted octanol–water partition coefficient (Wildman–Crippen LogP) is 3.04. The van der Waals surface area contributed by atoms with E-state index < -0.39 is 0 Å². The molecule has 1 nitrogen and oxygen atoms in total. The zero-order chi connectivity index (χ0) is 11.1. The van der Waals surface area contributed by atoms with Crippen LogP contribution in [0.3, 0.4) is 0 Å². The van der Waals surface area contributed by atoms with Crippen LogP contribution >= 0.6 is 0 Å². The van der Waals surface area contributed by atoms with Crippen LogP contribution in [0.4, 0.5) is 0 Å². The first-order chi connectivity index (χ1) is 6.12. The van der Waals surface area contributed by atoms with Gasteiger partial charge in [0.25, 0.3) is 0 Å². The molecule has 0 fully saturated rings. The van der Waals surface area contributed by atoms with E-state index in [-0.39, 0.29) is 5.41 Å². The van der Waals surface area contributed by atoms with Gasteiger partial charge in [0.05, 0.1) is 0 Å². The van der Waals surface area contributed by atoms with E-state index >= 15 is 0 Å². The summed E-state index contributed by atoms with van der Waals surface area (Å²) < 4.78 is 2.96. The molecule has 80 valence electrons. The van der Waals surface area contributed by atoms with Crippen LogP contribution in [0.25, 0.3) is 0 Å². The summed E-state index contributed by atoms with van der Waals surface area (Å²) in [7, 11) is 0. The SMILES string of the molecule is Cc1nc(C(C)(C)C)[se]c1C(C)(C)C. The molecule has 0 N–H and O–H groups in total. The Hall–Kier alpha value is -0.0705. The molecule has 0 atom stereocenters. The van der Waals surface area contributed by atoms with Gasteiger partial charge in [0.15, 0.2) is 0 Å². The Morgan fingerprint density at radius 2 is 1.43 bits per heavy atom. The Labute approximate surface area is 93.7 Å². The van der Waals surface area contributed by atoms with E-state index in [0.717, 1.165) is 0 Å². The van der Waals surface area contributed by atoms with Crippen molar-refractivity contribution in [3.8, 4) is 0 Å². The van der Waals surface area contributed by atoms with Crippen LogP contribution in [0.15, 0.2) is 0 Å². The Morgan fingerprint density at radius 3 is 1.64 bits per heavy atom. The first-order valence-electron chi connectivity index (χ1n) is 5.11. The summed E-state index contributed by atoms with van der Waals surface area (Å²) in [4.78, 5) is 4.73. The number of hydrogen-bond acceptors (Lipinski definition) is 1. The van der Waals surface area contributed by atoms with Gasteiger partial charge in [-0.05, 0) is 0 Å². The van der Waals surface area contributed by atoms with Crippen LogP contribution in [0.2, 0.25) is 0 Å². The molecule has 0 aliphatic rings. The number of nitrogens with zero attached hydrogens (tertiary/aromatic N) is 1. The second-order valence-corrected chi connectivity index (χ2v) is 8.03. The normalized spacial score (nSPS) is 13.4. The van der Waals surface area contributed by atoms with Gasteiger partial charge in [0.2, 0.25) is 0 Å². The zero-order valence-electron chi connectivity index (χ0n) is 10.4. The summed E-state index contributed by atoms with van der Waals surface area (Å²) >= 11 is 0.473. The minimum absolute atomic E-state index is 0.244. The summed E-state index contributed by atoms with van der Waals surface area (Å²) in [5.74, 6) is 0. The number of rotatable bonds is 0. The minimum atomic E-state index is 0.244. The molecule has 0 saturated carbocycles. The Balaban J connectivity index is 3.19. The Bertz CT molecular complexity index is 323. The molecule has 0 spiro atoms. The average Bonchev–Trinajstić information content (AvgIpc) is 2.27. The predicted molar refractivity (Wildman–Crippen MR) is 63.3 cm³/mol. The standard InChI is InChI=1S/C12H21NSe/c1-8-9(11(2,3)4)14-10(13-8)12(5,6)7/h1-7H3. The van der Waals surface area contributed by atoms with Gasteiger partial charge in [-0.25, -0.2) is 0 Å². The van der Waals surface area contributed by atoms with E-state index in [2.05, 4.69) is 48.5 Å². The van der Waals surface area contributed by atoms with Crippen LogP contribution < -0.4 is 0 Å². The molecular weight excluding hydrogens is 237 g/mol. The zero-order valence-corrected chi connectivity index (χ0v) is 12.1. The van der Waals surface area contributed by atoms with Crippen molar-refractivity contribution in [1.29, 1.82) is 0 Å². The second kappa shape index (κ2) is 3.50. The molecule has 2 heteroatoms. The van der Waals surface area contributed by atoms with Gasteiger partial charge >= 0.3 is 93.5 Å². The molecular formula is C12H21NSe. The summed E-state index contributed by atoms with van der Waals surface area (Å²) in [5, 5.41) is 0. The van der Waals surface area contributed by atoms with Crippen molar-refractivity contribution in [1.82, 2.24) is 4.98 Å². The molecule has 0 amide bonds. The van der Waals surface area contributed by atoms with Gasteiger partial charge in [-0.1, -0.05) is 0 Å². The molecule has 0 saturated heterocycles. The topological polar surface area (TPSA) is 12.9 Å². The van der Waals surface area contributed by atoms with Crippen LogP contribution in [0.1, 0.15) is 56.2 Å². The van der Waals surface area contributed by atoms with Crippen molar-refractivity contribution in [2.24, 2.45) is 0 Å². The Morgan fingerprint density at radius 1 is 0.929 bits per heavy atom. The van der Waals surface area contributed by atoms with E-state index in [1.54, 1.807) is 4.44 Å². The molecule has 1 rings (SSSR count). The van der Waals surface area contributed by atoms with E-state index in [1.165, 1.54) is 10.3 Å². The van der Waals surface area contributed by atoms with Gasteiger partial charge in [-0.3, -0.25) is 0 Å². The average molecular weight is 258 g/mol. The molecule has 0 unspecified atom stereocenters. The van der Waals surface area contributed by atoms with Crippen LogP contribution in [-0.4, -0.2) is 19.5 Å². The molecule has 14 heavy (non-hydrogen) atoms. The molecule has 0 bridgehead atoms. The first-order valence-corrected chi connectivity index (χ1v) is 6.82. The van der Waals surface area contributed by atoms with E-state index in [4.69, 9.17) is 4.98 Å². The fourth-order valence-corrected chi connectivity index (χ4v) is 3.89. The van der Waals surface area contributed by atoms with Crippen molar-refractivity contribution in [3.05, 3.63) is 14.7 Å². The van der Waals surface area contributed by atoms with Crippen molar-refractivity contribution in [2.45, 2.75) is 59.3 Å². The van der Waals surface area contributed by atoms with E-state index in [9.17, 15) is 0 Å². The third-order valence-corrected chi connectivity index (χ3v) is 6.33. The van der Waals surface area contributed by atoms with Gasteiger partial charge in [-0.2, -0.15) is 0 Å². The molecule has 1 heterocycles. The van der Waals surface area contributed by atoms with Gasteiger partial charge < -0.3 is 0 Å². The maximum absolute atomic E-state index is 4.73. The Kier molecular flexibility index (Phi) is 3.00. The van der Waals surface area contributed by atoms with E-state index in [1.807, 2.05) is 0 Å². The van der Waals surface area contributed by atoms with Gasteiger partial charge in [-0.15, -0.1) is 0 Å². The van der Waals surface area contributed by atoms with Crippen molar-refractivity contribution >= 4 is 14.5 Å². The summed E-state index contributed by atoms with van der Waals surface area (Å²) in [6, 6.07) is 0. The van der Waals surface area contributed by atoms with Crippen molar-refractivity contribution in [3.63, 3.8) is 0 Å². The molecule has 0 aliphatic carbocycles. The number of hydrogen-bond donors (Lipinski definition) is 0. The fourth-order valence-electron chi connectivity index (χ4n) is 1.41. The number of aromatic nitrogens is 1. The van der Waals surface area contributed by atoms with Gasteiger partial charge in [0, 0.05) is 0 Å². The molecule has 0 radical (unpaired) electrons. The monoisotopic (exact) mass is 259 g/mol. The molecule has 1 aromatic heterocycles. The second-order valence-electron chi connectivity index (χ2n) is 5.93. The molecule has 1 aromatic rings. The van der Waals surface area contributed by atoms with Crippen LogP contribution in [-0.2, 0) is 10.8 Å². The molecule has 0 aromatic carbocycles. The van der Waals surface area contributed by atoms with Crippen molar-refractivity contribution < 1.29 is 0 Å². The quantitative estimate of drug-likeness (QED) is 0.652. The summed E-state index contributed by atoms with van der Waals surface area (Å²) in [6.07, 6.45) is 0. The third-order valence-electron chi connectivity index (χ3n) is 2.12. The van der Waals surface area contributed by atoms with Crippen LogP contribution in [0, 0.1) is 6.92 Å². The maximum atomic E-state index is 4.73. The third kappa shape index (κ3) is 2.49. The summed E-state index contributed by atoms with van der Waals surface area (Å²) in [5.41, 5.74) is 1.80. The van der Waals surface area contributed by atoms with Gasteiger partial charge in [0.1, 0.15) is 0 Å².